The molecule has 1 heteroatoms. The third-order valence-electron chi connectivity index (χ3n) is 3.17. The molecule has 1 aliphatic rings. The smallest absolute Gasteiger partial charge is 0.0294 e. The highest BCUT2D eigenvalue weighted by Crippen LogP contribution is 2.24. The predicted molar refractivity (Wildman–Crippen MR) is 65.1 cm³/mol. The zero-order chi connectivity index (χ0) is 10.8. The molecule has 0 bridgehead atoms. The van der Waals surface area contributed by atoms with E-state index < -0.39 is 0 Å². The molecular formula is C14H21N. The van der Waals surface area contributed by atoms with Gasteiger partial charge in [0.25, 0.3) is 0 Å². The second-order valence-corrected chi connectivity index (χ2v) is 4.98. The quantitative estimate of drug-likeness (QED) is 0.788. The van der Waals surface area contributed by atoms with Crippen LogP contribution in [0.5, 0.6) is 0 Å². The number of hydrogen-bond donors (Lipinski definition) is 1. The van der Waals surface area contributed by atoms with Crippen molar-refractivity contribution in [1.82, 2.24) is 5.32 Å². The van der Waals surface area contributed by atoms with Crippen molar-refractivity contribution >= 4 is 0 Å². The van der Waals surface area contributed by atoms with Crippen LogP contribution >= 0.6 is 0 Å². The highest BCUT2D eigenvalue weighted by atomic mass is 15.0. The fourth-order valence-electron chi connectivity index (χ4n) is 1.87. The van der Waals surface area contributed by atoms with Gasteiger partial charge in [-0.3, -0.25) is 0 Å². The molecule has 0 radical (unpaired) electrons. The van der Waals surface area contributed by atoms with E-state index in [1.807, 2.05) is 0 Å². The Morgan fingerprint density at radius 2 is 1.53 bits per heavy atom. The second-order valence-electron chi connectivity index (χ2n) is 4.98. The van der Waals surface area contributed by atoms with E-state index in [1.54, 1.807) is 0 Å². The van der Waals surface area contributed by atoms with Crippen LogP contribution in [0.2, 0.25) is 0 Å². The van der Waals surface area contributed by atoms with Crippen molar-refractivity contribution in [1.29, 1.82) is 0 Å². The first-order valence-electron chi connectivity index (χ1n) is 6.02. The Hall–Kier alpha value is -0.820. The SMILES string of the molecule is CC(C)c1ccc([C@@H](C)NC2CC2)cc1. The van der Waals surface area contributed by atoms with Gasteiger partial charge in [0.05, 0.1) is 0 Å². The van der Waals surface area contributed by atoms with Crippen molar-refractivity contribution in [3.8, 4) is 0 Å². The third-order valence-corrected chi connectivity index (χ3v) is 3.17. The second kappa shape index (κ2) is 4.36. The Balaban J connectivity index is 2.01. The van der Waals surface area contributed by atoms with Crippen molar-refractivity contribution in [2.75, 3.05) is 0 Å². The molecule has 0 amide bonds. The Labute approximate surface area is 92.9 Å². The zero-order valence-electron chi connectivity index (χ0n) is 9.96. The van der Waals surface area contributed by atoms with Crippen LogP contribution in [-0.4, -0.2) is 6.04 Å². The molecule has 1 aromatic carbocycles. The van der Waals surface area contributed by atoms with Gasteiger partial charge in [-0.15, -0.1) is 0 Å². The first kappa shape index (κ1) is 10.7. The van der Waals surface area contributed by atoms with Gasteiger partial charge in [-0.2, -0.15) is 0 Å². The first-order valence-corrected chi connectivity index (χ1v) is 6.02. The predicted octanol–water partition coefficient (Wildman–Crippen LogP) is 3.62. The van der Waals surface area contributed by atoms with Gasteiger partial charge in [0.2, 0.25) is 0 Å². The molecule has 82 valence electrons. The van der Waals surface area contributed by atoms with Crippen LogP contribution in [0.15, 0.2) is 24.3 Å². The van der Waals surface area contributed by atoms with Gasteiger partial charge < -0.3 is 5.32 Å². The minimum Gasteiger partial charge on any atom is -0.307 e. The summed E-state index contributed by atoms with van der Waals surface area (Å²) in [5, 5.41) is 3.62. The van der Waals surface area contributed by atoms with E-state index in [0.29, 0.717) is 12.0 Å². The number of nitrogens with one attached hydrogen (secondary N) is 1. The Morgan fingerprint density at radius 3 is 2.00 bits per heavy atom. The van der Waals surface area contributed by atoms with E-state index in [1.165, 1.54) is 24.0 Å². The average Bonchev–Trinajstić information content (AvgIpc) is 3.02. The molecule has 1 aromatic rings. The van der Waals surface area contributed by atoms with Crippen molar-refractivity contribution in [3.05, 3.63) is 35.4 Å². The number of benzene rings is 1. The van der Waals surface area contributed by atoms with Crippen LogP contribution in [0.4, 0.5) is 0 Å². The summed E-state index contributed by atoms with van der Waals surface area (Å²) in [5.74, 6) is 0.630. The molecule has 1 fully saturated rings. The van der Waals surface area contributed by atoms with Gasteiger partial charge in [0.1, 0.15) is 0 Å². The lowest BCUT2D eigenvalue weighted by Crippen LogP contribution is -2.20. The molecule has 1 saturated carbocycles. The Morgan fingerprint density at radius 1 is 1.00 bits per heavy atom. The molecule has 0 unspecified atom stereocenters. The van der Waals surface area contributed by atoms with Crippen LogP contribution in [0.3, 0.4) is 0 Å². The summed E-state index contributed by atoms with van der Waals surface area (Å²) < 4.78 is 0. The van der Waals surface area contributed by atoms with E-state index in [4.69, 9.17) is 0 Å². The van der Waals surface area contributed by atoms with Gasteiger partial charge in [0, 0.05) is 12.1 Å². The van der Waals surface area contributed by atoms with Crippen LogP contribution in [0.1, 0.15) is 56.7 Å². The molecule has 1 N–H and O–H groups in total. The summed E-state index contributed by atoms with van der Waals surface area (Å²) in [7, 11) is 0. The lowest BCUT2D eigenvalue weighted by molar-refractivity contribution is 0.571. The van der Waals surface area contributed by atoms with Crippen LogP contribution in [0.25, 0.3) is 0 Å². The van der Waals surface area contributed by atoms with E-state index in [2.05, 4.69) is 50.4 Å². The largest absolute Gasteiger partial charge is 0.307 e. The monoisotopic (exact) mass is 203 g/mol. The molecule has 15 heavy (non-hydrogen) atoms. The molecule has 2 rings (SSSR count). The van der Waals surface area contributed by atoms with Gasteiger partial charge in [-0.05, 0) is 36.8 Å². The molecule has 1 aliphatic carbocycles. The lowest BCUT2D eigenvalue weighted by Gasteiger charge is -2.14. The van der Waals surface area contributed by atoms with Crippen LogP contribution < -0.4 is 5.32 Å². The summed E-state index contributed by atoms with van der Waals surface area (Å²) >= 11 is 0. The first-order chi connectivity index (χ1) is 7.16. The molecule has 0 heterocycles. The van der Waals surface area contributed by atoms with E-state index >= 15 is 0 Å². The minimum atomic E-state index is 0.499. The number of rotatable bonds is 4. The molecule has 0 aromatic heterocycles. The average molecular weight is 203 g/mol. The maximum Gasteiger partial charge on any atom is 0.0294 e. The summed E-state index contributed by atoms with van der Waals surface area (Å²) in [6.07, 6.45) is 2.71. The zero-order valence-corrected chi connectivity index (χ0v) is 9.96. The maximum atomic E-state index is 3.62. The summed E-state index contributed by atoms with van der Waals surface area (Å²) in [6.45, 7) is 6.73. The standard InChI is InChI=1S/C14H21N/c1-10(2)12-4-6-13(7-5-12)11(3)15-14-8-9-14/h4-7,10-11,14-15H,8-9H2,1-3H3/t11-/m1/s1. The topological polar surface area (TPSA) is 12.0 Å². The highest BCUT2D eigenvalue weighted by molar-refractivity contribution is 5.26. The molecule has 0 saturated heterocycles. The fraction of sp³-hybridized carbons (Fsp3) is 0.571. The van der Waals surface area contributed by atoms with Crippen LogP contribution in [-0.2, 0) is 0 Å². The molecule has 0 spiro atoms. The van der Waals surface area contributed by atoms with Gasteiger partial charge >= 0.3 is 0 Å². The summed E-state index contributed by atoms with van der Waals surface area (Å²) in [4.78, 5) is 0. The minimum absolute atomic E-state index is 0.499. The Kier molecular flexibility index (Phi) is 3.11. The fourth-order valence-corrected chi connectivity index (χ4v) is 1.87. The summed E-state index contributed by atoms with van der Waals surface area (Å²) in [5.41, 5.74) is 2.84. The van der Waals surface area contributed by atoms with Gasteiger partial charge in [0.15, 0.2) is 0 Å². The van der Waals surface area contributed by atoms with E-state index in [0.717, 1.165) is 6.04 Å². The van der Waals surface area contributed by atoms with Crippen molar-refractivity contribution in [3.63, 3.8) is 0 Å². The molecular weight excluding hydrogens is 182 g/mol. The van der Waals surface area contributed by atoms with E-state index in [9.17, 15) is 0 Å². The maximum absolute atomic E-state index is 3.62. The molecule has 1 atom stereocenters. The molecule has 0 aliphatic heterocycles. The lowest BCUT2D eigenvalue weighted by atomic mass is 9.99. The van der Waals surface area contributed by atoms with Gasteiger partial charge in [-0.1, -0.05) is 38.1 Å². The number of hydrogen-bond acceptors (Lipinski definition) is 1. The Bertz CT molecular complexity index is 309. The van der Waals surface area contributed by atoms with Crippen molar-refractivity contribution in [2.24, 2.45) is 0 Å². The van der Waals surface area contributed by atoms with Crippen LogP contribution in [0, 0.1) is 0 Å². The van der Waals surface area contributed by atoms with Gasteiger partial charge in [-0.25, -0.2) is 0 Å². The third kappa shape index (κ3) is 2.82. The highest BCUT2D eigenvalue weighted by Gasteiger charge is 2.23. The summed E-state index contributed by atoms with van der Waals surface area (Å²) in [6, 6.07) is 10.3. The molecule has 1 nitrogen and oxygen atoms in total. The van der Waals surface area contributed by atoms with E-state index in [-0.39, 0.29) is 0 Å². The van der Waals surface area contributed by atoms with Crippen molar-refractivity contribution in [2.45, 2.75) is 51.6 Å². The van der Waals surface area contributed by atoms with Crippen molar-refractivity contribution < 1.29 is 0 Å². The normalized spacial score (nSPS) is 18.1.